The summed E-state index contributed by atoms with van der Waals surface area (Å²) in [5.74, 6) is -0.516. The van der Waals surface area contributed by atoms with Gasteiger partial charge >= 0.3 is 0 Å². The molecular formula is C9H20N2O3. The number of hydrogen-bond acceptors (Lipinski definition) is 4. The Morgan fingerprint density at radius 2 is 2.07 bits per heavy atom. The highest BCUT2D eigenvalue weighted by atomic mass is 16.3. The van der Waals surface area contributed by atoms with E-state index in [0.29, 0.717) is 0 Å². The summed E-state index contributed by atoms with van der Waals surface area (Å²) in [7, 11) is 0. The summed E-state index contributed by atoms with van der Waals surface area (Å²) in [5, 5.41) is 20.7. The molecule has 0 saturated carbocycles. The van der Waals surface area contributed by atoms with Gasteiger partial charge in [-0.25, -0.2) is 0 Å². The van der Waals surface area contributed by atoms with Crippen molar-refractivity contribution >= 4 is 5.91 Å². The Morgan fingerprint density at radius 3 is 2.43 bits per heavy atom. The van der Waals surface area contributed by atoms with Gasteiger partial charge in [0, 0.05) is 18.5 Å². The first-order chi connectivity index (χ1) is 6.30. The first kappa shape index (κ1) is 13.4. The molecule has 0 radical (unpaired) electrons. The van der Waals surface area contributed by atoms with Crippen molar-refractivity contribution in [2.75, 3.05) is 13.2 Å². The summed E-state index contributed by atoms with van der Waals surface area (Å²) < 4.78 is 0. The van der Waals surface area contributed by atoms with Crippen molar-refractivity contribution in [3.8, 4) is 0 Å². The second kappa shape index (κ2) is 5.29. The van der Waals surface area contributed by atoms with Gasteiger partial charge in [0.1, 0.15) is 5.60 Å². The van der Waals surface area contributed by atoms with Gasteiger partial charge in [-0.15, -0.1) is 0 Å². The Morgan fingerprint density at radius 1 is 1.57 bits per heavy atom. The van der Waals surface area contributed by atoms with Crippen molar-refractivity contribution in [3.63, 3.8) is 0 Å². The van der Waals surface area contributed by atoms with Crippen molar-refractivity contribution in [1.82, 2.24) is 5.32 Å². The van der Waals surface area contributed by atoms with Gasteiger partial charge in [-0.3, -0.25) is 4.79 Å². The van der Waals surface area contributed by atoms with Gasteiger partial charge in [0.2, 0.25) is 5.91 Å². The number of amides is 1. The zero-order valence-corrected chi connectivity index (χ0v) is 8.95. The number of nitrogens with two attached hydrogens (primary N) is 1. The Kier molecular flexibility index (Phi) is 5.04. The number of rotatable bonds is 5. The van der Waals surface area contributed by atoms with E-state index < -0.39 is 5.60 Å². The number of aliphatic hydroxyl groups excluding tert-OH is 1. The van der Waals surface area contributed by atoms with Crippen LogP contribution in [-0.4, -0.2) is 40.9 Å². The van der Waals surface area contributed by atoms with Crippen molar-refractivity contribution < 1.29 is 15.0 Å². The van der Waals surface area contributed by atoms with Crippen LogP contribution in [0, 0.1) is 5.92 Å². The number of carbonyl (C=O) groups excluding carboxylic acids is 1. The highest BCUT2D eigenvalue weighted by molar-refractivity contribution is 5.78. The number of carbonyl (C=O) groups is 1. The third-order valence-electron chi connectivity index (χ3n) is 2.19. The van der Waals surface area contributed by atoms with E-state index in [1.165, 1.54) is 6.92 Å². The zero-order chi connectivity index (χ0) is 11.4. The van der Waals surface area contributed by atoms with Crippen LogP contribution < -0.4 is 11.1 Å². The molecule has 0 saturated heterocycles. The molecule has 5 heteroatoms. The summed E-state index contributed by atoms with van der Waals surface area (Å²) in [4.78, 5) is 11.4. The number of hydrogen-bond donors (Lipinski definition) is 4. The minimum atomic E-state index is -1.27. The minimum absolute atomic E-state index is 0.0272. The molecule has 84 valence electrons. The van der Waals surface area contributed by atoms with Crippen LogP contribution in [-0.2, 0) is 4.79 Å². The average Bonchev–Trinajstić information content (AvgIpc) is 2.13. The van der Waals surface area contributed by atoms with E-state index in [-0.39, 0.29) is 31.0 Å². The van der Waals surface area contributed by atoms with E-state index in [1.54, 1.807) is 13.8 Å². The summed E-state index contributed by atoms with van der Waals surface area (Å²) in [6.45, 7) is 4.55. The molecule has 5 N–H and O–H groups in total. The quantitative estimate of drug-likeness (QED) is 0.454. The molecule has 0 spiro atoms. The fourth-order valence-electron chi connectivity index (χ4n) is 0.733. The van der Waals surface area contributed by atoms with Gasteiger partial charge in [-0.2, -0.15) is 0 Å². The van der Waals surface area contributed by atoms with E-state index >= 15 is 0 Å². The molecule has 0 aromatic heterocycles. The van der Waals surface area contributed by atoms with E-state index in [9.17, 15) is 9.90 Å². The lowest BCUT2D eigenvalue weighted by Crippen LogP contribution is -2.47. The van der Waals surface area contributed by atoms with Crippen molar-refractivity contribution in [2.24, 2.45) is 11.7 Å². The van der Waals surface area contributed by atoms with Gasteiger partial charge in [0.25, 0.3) is 0 Å². The van der Waals surface area contributed by atoms with E-state index in [1.807, 2.05) is 0 Å². The highest BCUT2D eigenvalue weighted by Gasteiger charge is 2.22. The second-order valence-electron chi connectivity index (χ2n) is 4.02. The molecular weight excluding hydrogens is 184 g/mol. The summed E-state index contributed by atoms with van der Waals surface area (Å²) in [6.07, 6.45) is 0. The van der Waals surface area contributed by atoms with Crippen LogP contribution >= 0.6 is 0 Å². The van der Waals surface area contributed by atoms with Crippen molar-refractivity contribution in [1.29, 1.82) is 0 Å². The molecule has 3 unspecified atom stereocenters. The maximum atomic E-state index is 11.4. The second-order valence-corrected chi connectivity index (χ2v) is 4.02. The first-order valence-corrected chi connectivity index (χ1v) is 4.66. The third kappa shape index (κ3) is 4.55. The number of nitrogens with one attached hydrogen (secondary N) is 1. The molecule has 0 rings (SSSR count). The monoisotopic (exact) mass is 204 g/mol. The Hall–Kier alpha value is -0.650. The van der Waals surface area contributed by atoms with Gasteiger partial charge in [0.05, 0.1) is 6.61 Å². The molecule has 0 aliphatic carbocycles. The molecule has 0 fully saturated rings. The maximum absolute atomic E-state index is 11.4. The van der Waals surface area contributed by atoms with Crippen LogP contribution in [0.3, 0.4) is 0 Å². The fraction of sp³-hybridized carbons (Fsp3) is 0.889. The van der Waals surface area contributed by atoms with Gasteiger partial charge in [-0.05, 0) is 13.8 Å². The predicted molar refractivity (Wildman–Crippen MR) is 53.5 cm³/mol. The van der Waals surface area contributed by atoms with Crippen molar-refractivity contribution in [2.45, 2.75) is 32.4 Å². The normalized spacial score (nSPS) is 19.6. The topological polar surface area (TPSA) is 95.6 Å². The van der Waals surface area contributed by atoms with Gasteiger partial charge in [-0.1, -0.05) is 6.92 Å². The molecule has 0 aliphatic rings. The van der Waals surface area contributed by atoms with Crippen LogP contribution in [0.2, 0.25) is 0 Å². The summed E-state index contributed by atoms with van der Waals surface area (Å²) >= 11 is 0. The van der Waals surface area contributed by atoms with Crippen LogP contribution in [0.1, 0.15) is 20.8 Å². The highest BCUT2D eigenvalue weighted by Crippen LogP contribution is 2.02. The largest absolute Gasteiger partial charge is 0.393 e. The molecule has 0 aliphatic heterocycles. The molecule has 5 nitrogen and oxygen atoms in total. The minimum Gasteiger partial charge on any atom is -0.393 e. The molecule has 1 amide bonds. The molecule has 0 aromatic carbocycles. The Bertz CT molecular complexity index is 192. The smallest absolute Gasteiger partial charge is 0.224 e. The lowest BCUT2D eigenvalue weighted by Gasteiger charge is -2.22. The van der Waals surface area contributed by atoms with Crippen molar-refractivity contribution in [3.05, 3.63) is 0 Å². The molecule has 14 heavy (non-hydrogen) atoms. The standard InChI is InChI=1S/C9H20N2O3/c1-6(7(2)10)8(13)11-4-9(3,14)5-12/h6-7,12,14H,4-5,10H2,1-3H3,(H,11,13). The van der Waals surface area contributed by atoms with Gasteiger partial charge in [0.15, 0.2) is 0 Å². The first-order valence-electron chi connectivity index (χ1n) is 4.66. The summed E-state index contributed by atoms with van der Waals surface area (Å²) in [6, 6.07) is -0.228. The predicted octanol–water partition coefficient (Wildman–Crippen LogP) is -1.17. The lowest BCUT2D eigenvalue weighted by molar-refractivity contribution is -0.126. The van der Waals surface area contributed by atoms with Crippen LogP contribution in [0.25, 0.3) is 0 Å². The fourth-order valence-corrected chi connectivity index (χ4v) is 0.733. The van der Waals surface area contributed by atoms with Crippen LogP contribution in [0.4, 0.5) is 0 Å². The average molecular weight is 204 g/mol. The molecule has 0 aromatic rings. The SMILES string of the molecule is CC(N)C(C)C(=O)NCC(C)(O)CO. The Labute approximate surface area is 84.3 Å². The van der Waals surface area contributed by atoms with E-state index in [0.717, 1.165) is 0 Å². The van der Waals surface area contributed by atoms with Crippen LogP contribution in [0.5, 0.6) is 0 Å². The molecule has 0 bridgehead atoms. The number of aliphatic hydroxyl groups is 2. The zero-order valence-electron chi connectivity index (χ0n) is 8.95. The lowest BCUT2D eigenvalue weighted by atomic mass is 10.0. The molecule has 3 atom stereocenters. The third-order valence-corrected chi connectivity index (χ3v) is 2.19. The maximum Gasteiger partial charge on any atom is 0.224 e. The molecule has 0 heterocycles. The Balaban J connectivity index is 3.97. The van der Waals surface area contributed by atoms with E-state index in [4.69, 9.17) is 10.8 Å². The van der Waals surface area contributed by atoms with Crippen LogP contribution in [0.15, 0.2) is 0 Å². The summed E-state index contributed by atoms with van der Waals surface area (Å²) in [5.41, 5.74) is 4.27. The van der Waals surface area contributed by atoms with E-state index in [2.05, 4.69) is 5.32 Å². The van der Waals surface area contributed by atoms with Gasteiger partial charge < -0.3 is 21.3 Å².